The molecule has 0 bridgehead atoms. The standard InChI is InChI=1S/C21H19NO3S/c23-19-13-22(12-15-6-4-5-9-18(15)19)21(24)20-11-10-16(25-20)14-26-17-7-2-1-3-8-17/h1-11,19,23H,12-14H2/t19-/m1/s1. The quantitative estimate of drug-likeness (QED) is 0.702. The molecule has 0 saturated heterocycles. The van der Waals surface area contributed by atoms with Gasteiger partial charge in [0.05, 0.1) is 18.4 Å². The summed E-state index contributed by atoms with van der Waals surface area (Å²) in [5.41, 5.74) is 1.88. The van der Waals surface area contributed by atoms with Gasteiger partial charge in [-0.3, -0.25) is 4.79 Å². The maximum absolute atomic E-state index is 12.8. The van der Waals surface area contributed by atoms with Gasteiger partial charge in [-0.1, -0.05) is 42.5 Å². The molecule has 1 N–H and O–H groups in total. The second-order valence-corrected chi connectivity index (χ2v) is 7.32. The summed E-state index contributed by atoms with van der Waals surface area (Å²) in [4.78, 5) is 15.6. The summed E-state index contributed by atoms with van der Waals surface area (Å²) in [7, 11) is 0. The van der Waals surface area contributed by atoms with Crippen LogP contribution in [0.25, 0.3) is 0 Å². The number of hydrogen-bond acceptors (Lipinski definition) is 4. The molecule has 1 aromatic heterocycles. The van der Waals surface area contributed by atoms with E-state index in [4.69, 9.17) is 4.42 Å². The van der Waals surface area contributed by atoms with Crippen LogP contribution in [0.1, 0.15) is 33.5 Å². The summed E-state index contributed by atoms with van der Waals surface area (Å²) < 4.78 is 5.75. The Balaban J connectivity index is 1.44. The highest BCUT2D eigenvalue weighted by Crippen LogP contribution is 2.28. The zero-order valence-corrected chi connectivity index (χ0v) is 15.0. The van der Waals surface area contributed by atoms with Crippen molar-refractivity contribution >= 4 is 17.7 Å². The first kappa shape index (κ1) is 16.9. The van der Waals surface area contributed by atoms with Crippen LogP contribution in [0, 0.1) is 0 Å². The van der Waals surface area contributed by atoms with Crippen molar-refractivity contribution in [3.05, 3.63) is 89.4 Å². The third kappa shape index (κ3) is 3.54. The maximum Gasteiger partial charge on any atom is 0.289 e. The van der Waals surface area contributed by atoms with E-state index in [0.29, 0.717) is 18.1 Å². The molecule has 5 heteroatoms. The Bertz CT molecular complexity index is 906. The molecule has 1 aliphatic heterocycles. The Morgan fingerprint density at radius 1 is 1.08 bits per heavy atom. The molecule has 1 aliphatic rings. The van der Waals surface area contributed by atoms with Crippen LogP contribution < -0.4 is 0 Å². The number of carbonyl (C=O) groups is 1. The number of thioether (sulfide) groups is 1. The van der Waals surface area contributed by atoms with E-state index in [0.717, 1.165) is 21.8 Å². The van der Waals surface area contributed by atoms with Crippen molar-refractivity contribution in [2.24, 2.45) is 0 Å². The van der Waals surface area contributed by atoms with Gasteiger partial charge in [-0.25, -0.2) is 0 Å². The molecule has 0 spiro atoms. The maximum atomic E-state index is 12.8. The molecule has 132 valence electrons. The van der Waals surface area contributed by atoms with Crippen molar-refractivity contribution in [2.75, 3.05) is 6.54 Å². The monoisotopic (exact) mass is 365 g/mol. The fourth-order valence-electron chi connectivity index (χ4n) is 3.13. The van der Waals surface area contributed by atoms with Crippen molar-refractivity contribution in [3.8, 4) is 0 Å². The number of carbonyl (C=O) groups excluding carboxylic acids is 1. The van der Waals surface area contributed by atoms with Crippen LogP contribution in [0.4, 0.5) is 0 Å². The summed E-state index contributed by atoms with van der Waals surface area (Å²) in [6, 6.07) is 21.3. The van der Waals surface area contributed by atoms with Crippen molar-refractivity contribution in [1.29, 1.82) is 0 Å². The summed E-state index contributed by atoms with van der Waals surface area (Å²) in [5, 5.41) is 10.3. The zero-order valence-electron chi connectivity index (χ0n) is 14.2. The highest BCUT2D eigenvalue weighted by atomic mass is 32.2. The Morgan fingerprint density at radius 2 is 1.85 bits per heavy atom. The smallest absolute Gasteiger partial charge is 0.289 e. The van der Waals surface area contributed by atoms with Crippen LogP contribution in [-0.4, -0.2) is 22.5 Å². The lowest BCUT2D eigenvalue weighted by atomic mass is 9.97. The first-order chi connectivity index (χ1) is 12.7. The minimum absolute atomic E-state index is 0.186. The largest absolute Gasteiger partial charge is 0.455 e. The number of amides is 1. The molecule has 3 aromatic rings. The molecule has 4 nitrogen and oxygen atoms in total. The molecular weight excluding hydrogens is 346 g/mol. The van der Waals surface area contributed by atoms with E-state index >= 15 is 0 Å². The predicted octanol–water partition coefficient (Wildman–Crippen LogP) is 4.26. The number of rotatable bonds is 4. The van der Waals surface area contributed by atoms with E-state index in [9.17, 15) is 9.90 Å². The third-order valence-electron chi connectivity index (χ3n) is 4.45. The third-order valence-corrected chi connectivity index (χ3v) is 5.49. The molecule has 0 aliphatic carbocycles. The van der Waals surface area contributed by atoms with E-state index in [1.807, 2.05) is 60.7 Å². The van der Waals surface area contributed by atoms with Gasteiger partial charge in [0.1, 0.15) is 5.76 Å². The summed E-state index contributed by atoms with van der Waals surface area (Å²) in [6.07, 6.45) is -0.660. The summed E-state index contributed by atoms with van der Waals surface area (Å²) in [5.74, 6) is 1.57. The van der Waals surface area contributed by atoms with E-state index in [-0.39, 0.29) is 12.5 Å². The normalized spacial score (nSPS) is 16.3. The molecule has 0 unspecified atom stereocenters. The topological polar surface area (TPSA) is 53.7 Å². The van der Waals surface area contributed by atoms with Crippen LogP contribution >= 0.6 is 11.8 Å². The number of aliphatic hydroxyl groups is 1. The minimum Gasteiger partial charge on any atom is -0.455 e. The number of furan rings is 1. The molecular formula is C21H19NO3S. The fourth-order valence-corrected chi connectivity index (χ4v) is 3.95. The second kappa shape index (κ2) is 7.40. The van der Waals surface area contributed by atoms with Gasteiger partial charge < -0.3 is 14.4 Å². The Morgan fingerprint density at radius 3 is 2.69 bits per heavy atom. The van der Waals surface area contributed by atoms with Crippen LogP contribution in [0.15, 0.2) is 76.0 Å². The van der Waals surface area contributed by atoms with Crippen molar-refractivity contribution in [2.45, 2.75) is 23.3 Å². The van der Waals surface area contributed by atoms with Gasteiger partial charge >= 0.3 is 0 Å². The van der Waals surface area contributed by atoms with Gasteiger partial charge in [0, 0.05) is 11.4 Å². The first-order valence-electron chi connectivity index (χ1n) is 8.52. The van der Waals surface area contributed by atoms with Gasteiger partial charge in [-0.05, 0) is 35.4 Å². The van der Waals surface area contributed by atoms with E-state index in [1.165, 1.54) is 0 Å². The number of β-amino-alcohol motifs (C(OH)–C–C–N with tert-alkyl or cyclic N) is 1. The molecule has 0 radical (unpaired) electrons. The Kier molecular flexibility index (Phi) is 4.82. The highest BCUT2D eigenvalue weighted by molar-refractivity contribution is 7.98. The molecule has 2 aromatic carbocycles. The molecule has 2 heterocycles. The fraction of sp³-hybridized carbons (Fsp3) is 0.190. The van der Waals surface area contributed by atoms with Crippen molar-refractivity contribution in [3.63, 3.8) is 0 Å². The molecule has 4 rings (SSSR count). The molecule has 0 saturated carbocycles. The lowest BCUT2D eigenvalue weighted by Crippen LogP contribution is -2.38. The Labute approximate surface area is 156 Å². The van der Waals surface area contributed by atoms with Crippen molar-refractivity contribution < 1.29 is 14.3 Å². The average molecular weight is 365 g/mol. The van der Waals surface area contributed by atoms with E-state index < -0.39 is 6.10 Å². The van der Waals surface area contributed by atoms with Gasteiger partial charge in [0.2, 0.25) is 0 Å². The highest BCUT2D eigenvalue weighted by Gasteiger charge is 2.28. The number of aliphatic hydroxyl groups excluding tert-OH is 1. The Hall–Kier alpha value is -2.50. The number of benzene rings is 2. The molecule has 26 heavy (non-hydrogen) atoms. The van der Waals surface area contributed by atoms with Gasteiger partial charge in [-0.15, -0.1) is 11.8 Å². The summed E-state index contributed by atoms with van der Waals surface area (Å²) >= 11 is 1.67. The molecule has 1 atom stereocenters. The van der Waals surface area contributed by atoms with Crippen LogP contribution in [0.2, 0.25) is 0 Å². The van der Waals surface area contributed by atoms with Crippen LogP contribution in [0.3, 0.4) is 0 Å². The lowest BCUT2D eigenvalue weighted by Gasteiger charge is -2.31. The van der Waals surface area contributed by atoms with Gasteiger partial charge in [0.25, 0.3) is 5.91 Å². The molecule has 1 amide bonds. The molecule has 0 fully saturated rings. The van der Waals surface area contributed by atoms with Gasteiger partial charge in [-0.2, -0.15) is 0 Å². The minimum atomic E-state index is -0.660. The van der Waals surface area contributed by atoms with E-state index in [1.54, 1.807) is 22.7 Å². The first-order valence-corrected chi connectivity index (χ1v) is 9.51. The summed E-state index contributed by atoms with van der Waals surface area (Å²) in [6.45, 7) is 0.769. The SMILES string of the molecule is O=C(c1ccc(CSc2ccccc2)o1)N1Cc2ccccc2[C@H](O)C1. The average Bonchev–Trinajstić information content (AvgIpc) is 3.15. The second-order valence-electron chi connectivity index (χ2n) is 6.27. The van der Waals surface area contributed by atoms with Gasteiger partial charge in [0.15, 0.2) is 5.76 Å². The van der Waals surface area contributed by atoms with Crippen LogP contribution in [0.5, 0.6) is 0 Å². The lowest BCUT2D eigenvalue weighted by molar-refractivity contribution is 0.0520. The number of nitrogens with zero attached hydrogens (tertiary/aromatic N) is 1. The predicted molar refractivity (Wildman–Crippen MR) is 101 cm³/mol. The van der Waals surface area contributed by atoms with E-state index in [2.05, 4.69) is 0 Å². The zero-order chi connectivity index (χ0) is 17.9. The van der Waals surface area contributed by atoms with Crippen molar-refractivity contribution in [1.82, 2.24) is 4.90 Å². The van der Waals surface area contributed by atoms with Crippen LogP contribution in [-0.2, 0) is 12.3 Å². The number of hydrogen-bond donors (Lipinski definition) is 1. The number of fused-ring (bicyclic) bond motifs is 1.